The average Bonchev–Trinajstić information content (AvgIpc) is 2.84. The fourth-order valence-corrected chi connectivity index (χ4v) is 5.20. The highest BCUT2D eigenvalue weighted by atomic mass is 35.5. The van der Waals surface area contributed by atoms with Crippen LogP contribution in [0.25, 0.3) is 0 Å². The summed E-state index contributed by atoms with van der Waals surface area (Å²) in [6.45, 7) is 2.58. The Morgan fingerprint density at radius 2 is 1.68 bits per heavy atom. The van der Waals surface area contributed by atoms with Crippen molar-refractivity contribution in [3.63, 3.8) is 0 Å². The molecule has 0 unspecified atom stereocenters. The monoisotopic (exact) mass is 490 g/mol. The van der Waals surface area contributed by atoms with Crippen LogP contribution in [0.1, 0.15) is 61.8 Å². The Hall–Kier alpha value is -1.67. The van der Waals surface area contributed by atoms with Crippen molar-refractivity contribution in [2.24, 2.45) is 5.41 Å². The summed E-state index contributed by atoms with van der Waals surface area (Å²) < 4.78 is 11.8. The van der Waals surface area contributed by atoms with E-state index in [1.165, 1.54) is 32.1 Å². The second-order valence-electron chi connectivity index (χ2n) is 10.1. The molecule has 0 radical (unpaired) electrons. The molecule has 2 fully saturated rings. The third-order valence-corrected chi connectivity index (χ3v) is 7.63. The molecule has 7 heteroatoms. The first-order valence-electron chi connectivity index (χ1n) is 12.1. The van der Waals surface area contributed by atoms with Gasteiger partial charge in [0.05, 0.1) is 13.2 Å². The summed E-state index contributed by atoms with van der Waals surface area (Å²) in [5.41, 5.74) is 2.79. The Bertz CT molecular complexity index is 941. The molecule has 0 spiro atoms. The van der Waals surface area contributed by atoms with Gasteiger partial charge in [0.15, 0.2) is 0 Å². The highest BCUT2D eigenvalue weighted by Gasteiger charge is 2.44. The van der Waals surface area contributed by atoms with Crippen LogP contribution in [0.15, 0.2) is 42.5 Å². The minimum absolute atomic E-state index is 0.259. The molecule has 1 saturated carbocycles. The average molecular weight is 491 g/mol. The fraction of sp³-hybridized carbons (Fsp3) is 0.556. The van der Waals surface area contributed by atoms with Gasteiger partial charge < -0.3 is 29.9 Å². The van der Waals surface area contributed by atoms with Crippen LogP contribution >= 0.6 is 11.6 Å². The van der Waals surface area contributed by atoms with E-state index in [1.807, 2.05) is 30.3 Å². The van der Waals surface area contributed by atoms with Crippen LogP contribution in [-0.4, -0.2) is 58.1 Å². The van der Waals surface area contributed by atoms with Crippen molar-refractivity contribution in [1.29, 1.82) is 0 Å². The van der Waals surface area contributed by atoms with Gasteiger partial charge in [-0.15, -0.1) is 0 Å². The maximum absolute atomic E-state index is 10.5. The van der Waals surface area contributed by atoms with E-state index in [0.717, 1.165) is 23.5 Å². The molecule has 1 heterocycles. The fourth-order valence-electron chi connectivity index (χ4n) is 5.01. The third-order valence-electron chi connectivity index (χ3n) is 7.26. The molecule has 186 valence electrons. The minimum Gasteiger partial charge on any atom is -0.493 e. The molecule has 2 aromatic carbocycles. The molecular formula is C27H35ClO6. The molecule has 4 N–H and O–H groups in total. The Morgan fingerprint density at radius 3 is 2.35 bits per heavy atom. The summed E-state index contributed by atoms with van der Waals surface area (Å²) >= 11 is 6.45. The molecule has 0 bridgehead atoms. The van der Waals surface area contributed by atoms with Crippen LogP contribution in [0.2, 0.25) is 5.02 Å². The quantitative estimate of drug-likeness (QED) is 0.471. The topological polar surface area (TPSA) is 99.4 Å². The zero-order valence-corrected chi connectivity index (χ0v) is 20.3. The van der Waals surface area contributed by atoms with Gasteiger partial charge in [0.2, 0.25) is 0 Å². The molecule has 0 aromatic heterocycles. The molecular weight excluding hydrogens is 456 g/mol. The molecule has 5 atom stereocenters. The van der Waals surface area contributed by atoms with Crippen molar-refractivity contribution in [3.05, 3.63) is 64.2 Å². The van der Waals surface area contributed by atoms with E-state index in [4.69, 9.17) is 21.1 Å². The summed E-state index contributed by atoms with van der Waals surface area (Å²) in [6, 6.07) is 13.3. The summed E-state index contributed by atoms with van der Waals surface area (Å²) in [4.78, 5) is 0. The lowest BCUT2D eigenvalue weighted by atomic mass is 9.76. The van der Waals surface area contributed by atoms with E-state index >= 15 is 0 Å². The SMILES string of the molecule is CC1(COc2ccc(Cc3cc([C@@H]4O[C@H](CO)[C@@H](O)[C@H](O)[C@H]4O)ccc3Cl)cc2)CCCCC1. The van der Waals surface area contributed by atoms with Gasteiger partial charge in [0.1, 0.15) is 36.3 Å². The van der Waals surface area contributed by atoms with Crippen LogP contribution in [0, 0.1) is 5.41 Å². The summed E-state index contributed by atoms with van der Waals surface area (Å²) in [5, 5.41) is 40.7. The number of hydrogen-bond donors (Lipinski definition) is 4. The van der Waals surface area contributed by atoms with Gasteiger partial charge in [-0.05, 0) is 54.2 Å². The van der Waals surface area contributed by atoms with E-state index in [-0.39, 0.29) is 5.41 Å². The van der Waals surface area contributed by atoms with Crippen molar-refractivity contribution >= 4 is 11.6 Å². The number of rotatable bonds is 7. The van der Waals surface area contributed by atoms with Crippen LogP contribution in [0.3, 0.4) is 0 Å². The van der Waals surface area contributed by atoms with Gasteiger partial charge >= 0.3 is 0 Å². The molecule has 34 heavy (non-hydrogen) atoms. The third kappa shape index (κ3) is 5.76. The smallest absolute Gasteiger partial charge is 0.119 e. The molecule has 1 saturated heterocycles. The number of benzene rings is 2. The first-order chi connectivity index (χ1) is 16.3. The Labute approximate surface area is 206 Å². The van der Waals surface area contributed by atoms with Gasteiger partial charge in [-0.3, -0.25) is 0 Å². The highest BCUT2D eigenvalue weighted by molar-refractivity contribution is 6.31. The normalized spacial score (nSPS) is 29.1. The number of halogens is 1. The van der Waals surface area contributed by atoms with Crippen LogP contribution in [-0.2, 0) is 11.2 Å². The van der Waals surface area contributed by atoms with Gasteiger partial charge in [0, 0.05) is 10.4 Å². The second kappa shape index (κ2) is 10.9. The van der Waals surface area contributed by atoms with E-state index in [1.54, 1.807) is 12.1 Å². The van der Waals surface area contributed by atoms with Crippen LogP contribution in [0.4, 0.5) is 0 Å². The van der Waals surface area contributed by atoms with Gasteiger partial charge in [-0.1, -0.05) is 62.1 Å². The maximum Gasteiger partial charge on any atom is 0.119 e. The predicted octanol–water partition coefficient (Wildman–Crippen LogP) is 3.79. The molecule has 2 aliphatic rings. The van der Waals surface area contributed by atoms with Crippen LogP contribution in [0.5, 0.6) is 5.75 Å². The van der Waals surface area contributed by atoms with Crippen molar-refractivity contribution in [1.82, 2.24) is 0 Å². The lowest BCUT2D eigenvalue weighted by Gasteiger charge is -2.40. The first kappa shape index (κ1) is 25.4. The Kier molecular flexibility index (Phi) is 8.18. The van der Waals surface area contributed by atoms with E-state index in [0.29, 0.717) is 17.0 Å². The number of aliphatic hydroxyl groups is 4. The Morgan fingerprint density at radius 1 is 0.971 bits per heavy atom. The van der Waals surface area contributed by atoms with Crippen LogP contribution < -0.4 is 4.74 Å². The summed E-state index contributed by atoms with van der Waals surface area (Å²) in [5.74, 6) is 0.858. The van der Waals surface area contributed by atoms with E-state index in [9.17, 15) is 20.4 Å². The molecule has 1 aliphatic carbocycles. The van der Waals surface area contributed by atoms with Crippen molar-refractivity contribution in [2.45, 2.75) is 76.0 Å². The molecule has 0 amide bonds. The van der Waals surface area contributed by atoms with Crippen molar-refractivity contribution < 1.29 is 29.9 Å². The maximum atomic E-state index is 10.5. The summed E-state index contributed by atoms with van der Waals surface area (Å²) in [6.07, 6.45) is 0.922. The molecule has 1 aliphatic heterocycles. The van der Waals surface area contributed by atoms with Crippen molar-refractivity contribution in [2.75, 3.05) is 13.2 Å². The predicted molar refractivity (Wildman–Crippen MR) is 130 cm³/mol. The van der Waals surface area contributed by atoms with E-state index < -0.39 is 37.1 Å². The zero-order valence-electron chi connectivity index (χ0n) is 19.6. The standard InChI is InChI=1S/C27H35ClO6/c1-27(11-3-2-4-12-27)16-33-20-8-5-17(6-9-20)13-19-14-18(7-10-21(19)28)26-25(32)24(31)23(30)22(15-29)34-26/h5-10,14,22-26,29-32H,2-4,11-13,15-16H2,1H3/t22-,23-,24+,25-,26+/m1/s1. The van der Waals surface area contributed by atoms with Gasteiger partial charge in [-0.2, -0.15) is 0 Å². The number of hydrogen-bond acceptors (Lipinski definition) is 6. The Balaban J connectivity index is 1.43. The lowest BCUT2D eigenvalue weighted by Crippen LogP contribution is -2.55. The first-order valence-corrected chi connectivity index (χ1v) is 12.5. The lowest BCUT2D eigenvalue weighted by molar-refractivity contribution is -0.231. The molecule has 4 rings (SSSR count). The number of aliphatic hydroxyl groups excluding tert-OH is 4. The highest BCUT2D eigenvalue weighted by Crippen LogP contribution is 2.37. The summed E-state index contributed by atoms with van der Waals surface area (Å²) in [7, 11) is 0. The van der Waals surface area contributed by atoms with E-state index in [2.05, 4.69) is 6.92 Å². The van der Waals surface area contributed by atoms with Gasteiger partial charge in [0.25, 0.3) is 0 Å². The number of ether oxygens (including phenoxy) is 2. The zero-order chi connectivity index (χ0) is 24.3. The van der Waals surface area contributed by atoms with Crippen molar-refractivity contribution in [3.8, 4) is 5.75 Å². The van der Waals surface area contributed by atoms with Gasteiger partial charge in [-0.25, -0.2) is 0 Å². The molecule has 2 aromatic rings. The second-order valence-corrected chi connectivity index (χ2v) is 10.5. The minimum atomic E-state index is -1.42. The largest absolute Gasteiger partial charge is 0.493 e. The molecule has 6 nitrogen and oxygen atoms in total.